The molecule has 16 heavy (non-hydrogen) atoms. The van der Waals surface area contributed by atoms with Crippen LogP contribution in [0.2, 0.25) is 0 Å². The second kappa shape index (κ2) is 5.82. The van der Waals surface area contributed by atoms with Gasteiger partial charge in [0.1, 0.15) is 0 Å². The molecule has 3 nitrogen and oxygen atoms in total. The lowest BCUT2D eigenvalue weighted by Crippen LogP contribution is -2.30. The summed E-state index contributed by atoms with van der Waals surface area (Å²) in [5.74, 6) is -0.938. The summed E-state index contributed by atoms with van der Waals surface area (Å²) in [7, 11) is 0. The molecule has 0 fully saturated rings. The summed E-state index contributed by atoms with van der Waals surface area (Å²) in [6.07, 6.45) is 0.922. The van der Waals surface area contributed by atoms with E-state index in [1.165, 1.54) is 9.75 Å². The minimum absolute atomic E-state index is 0.203. The molecule has 0 aliphatic heterocycles. The summed E-state index contributed by atoms with van der Waals surface area (Å²) in [6, 6.07) is 4.47. The van der Waals surface area contributed by atoms with Crippen LogP contribution in [0.25, 0.3) is 0 Å². The fourth-order valence-corrected chi connectivity index (χ4v) is 2.36. The van der Waals surface area contributed by atoms with Crippen LogP contribution in [0.3, 0.4) is 0 Å². The van der Waals surface area contributed by atoms with Crippen LogP contribution in [0.1, 0.15) is 16.7 Å². The molecule has 0 spiro atoms. The van der Waals surface area contributed by atoms with Crippen LogP contribution in [0.5, 0.6) is 0 Å². The van der Waals surface area contributed by atoms with Crippen LogP contribution in [0.4, 0.5) is 0 Å². The molecule has 1 aromatic heterocycles. The van der Waals surface area contributed by atoms with Gasteiger partial charge in [-0.2, -0.15) is 0 Å². The second-order valence-corrected chi connectivity index (χ2v) is 5.28. The minimum Gasteiger partial charge on any atom is -0.478 e. The van der Waals surface area contributed by atoms with Crippen molar-refractivity contribution in [3.05, 3.63) is 34.0 Å². The first-order valence-corrected chi connectivity index (χ1v) is 6.00. The third-order valence-electron chi connectivity index (χ3n) is 2.27. The van der Waals surface area contributed by atoms with E-state index in [1.54, 1.807) is 11.3 Å². The highest BCUT2D eigenvalue weighted by molar-refractivity contribution is 7.11. The maximum absolute atomic E-state index is 10.5. The fourth-order valence-electron chi connectivity index (χ4n) is 1.34. The van der Waals surface area contributed by atoms with Gasteiger partial charge in [-0.3, -0.25) is 0 Å². The van der Waals surface area contributed by atoms with E-state index in [-0.39, 0.29) is 11.6 Å². The van der Waals surface area contributed by atoms with Crippen molar-refractivity contribution in [1.29, 1.82) is 0 Å². The van der Waals surface area contributed by atoms with Crippen molar-refractivity contribution in [2.45, 2.75) is 26.3 Å². The first-order valence-electron chi connectivity index (χ1n) is 5.19. The van der Waals surface area contributed by atoms with Crippen LogP contribution in [0, 0.1) is 6.92 Å². The third kappa shape index (κ3) is 4.16. The van der Waals surface area contributed by atoms with Gasteiger partial charge < -0.3 is 10.4 Å². The van der Waals surface area contributed by atoms with Crippen molar-refractivity contribution in [2.24, 2.45) is 0 Å². The molecular weight excluding hydrogens is 222 g/mol. The predicted molar refractivity (Wildman–Crippen MR) is 67.0 cm³/mol. The Balaban J connectivity index is 2.34. The topological polar surface area (TPSA) is 49.3 Å². The zero-order chi connectivity index (χ0) is 12.1. The molecule has 1 rings (SSSR count). The maximum Gasteiger partial charge on any atom is 0.332 e. The summed E-state index contributed by atoms with van der Waals surface area (Å²) in [4.78, 5) is 13.2. The van der Waals surface area contributed by atoms with Crippen molar-refractivity contribution in [2.75, 3.05) is 6.54 Å². The van der Waals surface area contributed by atoms with Crippen molar-refractivity contribution in [1.82, 2.24) is 5.32 Å². The number of rotatable bonds is 6. The smallest absolute Gasteiger partial charge is 0.332 e. The van der Waals surface area contributed by atoms with Gasteiger partial charge in [0.25, 0.3) is 0 Å². The van der Waals surface area contributed by atoms with Crippen molar-refractivity contribution in [3.8, 4) is 0 Å². The molecule has 0 saturated heterocycles. The second-order valence-electron chi connectivity index (χ2n) is 3.91. The average molecular weight is 239 g/mol. The summed E-state index contributed by atoms with van der Waals surface area (Å²) < 4.78 is 0. The zero-order valence-corrected chi connectivity index (χ0v) is 10.4. The van der Waals surface area contributed by atoms with Gasteiger partial charge in [0.2, 0.25) is 0 Å². The molecule has 0 aromatic carbocycles. The van der Waals surface area contributed by atoms with Gasteiger partial charge in [0.15, 0.2) is 0 Å². The Bertz CT molecular complexity index is 384. The van der Waals surface area contributed by atoms with Gasteiger partial charge in [-0.05, 0) is 32.4 Å². The van der Waals surface area contributed by atoms with E-state index in [4.69, 9.17) is 5.11 Å². The fraction of sp³-hybridized carbons (Fsp3) is 0.417. The molecule has 88 valence electrons. The molecule has 1 atom stereocenters. The summed E-state index contributed by atoms with van der Waals surface area (Å²) >= 11 is 1.78. The SMILES string of the molecule is C=C(CNC(C)Cc1ccc(C)s1)C(=O)O. The Kier molecular flexibility index (Phi) is 4.71. The quantitative estimate of drug-likeness (QED) is 0.748. The summed E-state index contributed by atoms with van der Waals surface area (Å²) in [5, 5.41) is 11.8. The molecular formula is C12H17NO2S. The third-order valence-corrected chi connectivity index (χ3v) is 3.29. The van der Waals surface area contributed by atoms with Crippen LogP contribution in [0.15, 0.2) is 24.3 Å². The lowest BCUT2D eigenvalue weighted by Gasteiger charge is -2.12. The first-order chi connectivity index (χ1) is 7.49. The Morgan fingerprint density at radius 1 is 1.62 bits per heavy atom. The number of hydrogen-bond donors (Lipinski definition) is 2. The number of thiophene rings is 1. The van der Waals surface area contributed by atoms with E-state index in [0.717, 1.165) is 6.42 Å². The average Bonchev–Trinajstić information content (AvgIpc) is 2.60. The molecule has 4 heteroatoms. The number of nitrogens with one attached hydrogen (secondary N) is 1. The Morgan fingerprint density at radius 2 is 2.31 bits per heavy atom. The Hall–Kier alpha value is -1.13. The molecule has 0 aliphatic carbocycles. The summed E-state index contributed by atoms with van der Waals surface area (Å²) in [6.45, 7) is 7.94. The number of carboxylic acids is 1. The van der Waals surface area contributed by atoms with E-state index in [1.807, 2.05) is 6.92 Å². The zero-order valence-electron chi connectivity index (χ0n) is 9.62. The van der Waals surface area contributed by atoms with Crippen molar-refractivity contribution >= 4 is 17.3 Å². The van der Waals surface area contributed by atoms with E-state index in [2.05, 4.69) is 31.0 Å². The molecule has 0 saturated carbocycles. The van der Waals surface area contributed by atoms with E-state index < -0.39 is 5.97 Å². The highest BCUT2D eigenvalue weighted by Gasteiger charge is 2.08. The molecule has 2 N–H and O–H groups in total. The lowest BCUT2D eigenvalue weighted by molar-refractivity contribution is -0.132. The predicted octanol–water partition coefficient (Wildman–Crippen LogP) is 2.22. The first kappa shape index (κ1) is 12.9. The monoisotopic (exact) mass is 239 g/mol. The van der Waals surface area contributed by atoms with E-state index in [0.29, 0.717) is 6.54 Å². The van der Waals surface area contributed by atoms with E-state index >= 15 is 0 Å². The van der Waals surface area contributed by atoms with Gasteiger partial charge in [0.05, 0.1) is 0 Å². The van der Waals surface area contributed by atoms with Crippen molar-refractivity contribution < 1.29 is 9.90 Å². The van der Waals surface area contributed by atoms with Crippen LogP contribution in [-0.4, -0.2) is 23.7 Å². The standard InChI is InChI=1S/C12H17NO2S/c1-8(12(14)15)7-13-9(2)6-11-5-4-10(3)16-11/h4-5,9,13H,1,6-7H2,2-3H3,(H,14,15). The molecule has 1 unspecified atom stereocenters. The van der Waals surface area contributed by atoms with Crippen LogP contribution >= 0.6 is 11.3 Å². The number of hydrogen-bond acceptors (Lipinski definition) is 3. The van der Waals surface area contributed by atoms with Gasteiger partial charge >= 0.3 is 5.97 Å². The minimum atomic E-state index is -0.938. The lowest BCUT2D eigenvalue weighted by atomic mass is 10.2. The largest absolute Gasteiger partial charge is 0.478 e. The summed E-state index contributed by atoms with van der Waals surface area (Å²) in [5.41, 5.74) is 0.203. The number of aliphatic carboxylic acids is 1. The Morgan fingerprint density at radius 3 is 2.81 bits per heavy atom. The molecule has 0 bridgehead atoms. The molecule has 0 aliphatic rings. The van der Waals surface area contributed by atoms with E-state index in [9.17, 15) is 4.79 Å². The molecule has 0 amide bonds. The number of carbonyl (C=O) groups is 1. The molecule has 0 radical (unpaired) electrons. The highest BCUT2D eigenvalue weighted by Crippen LogP contribution is 2.16. The molecule has 1 heterocycles. The maximum atomic E-state index is 10.5. The highest BCUT2D eigenvalue weighted by atomic mass is 32.1. The van der Waals surface area contributed by atoms with Gasteiger partial charge in [-0.25, -0.2) is 4.79 Å². The van der Waals surface area contributed by atoms with Crippen LogP contribution in [-0.2, 0) is 11.2 Å². The van der Waals surface area contributed by atoms with Crippen molar-refractivity contribution in [3.63, 3.8) is 0 Å². The Labute approximate surface area is 99.8 Å². The molecule has 1 aromatic rings. The van der Waals surface area contributed by atoms with Gasteiger partial charge in [-0.1, -0.05) is 6.58 Å². The van der Waals surface area contributed by atoms with Gasteiger partial charge in [0, 0.05) is 27.9 Å². The van der Waals surface area contributed by atoms with Gasteiger partial charge in [-0.15, -0.1) is 11.3 Å². The normalized spacial score (nSPS) is 12.4. The number of carboxylic acid groups (broad SMARTS) is 1. The van der Waals surface area contributed by atoms with Crippen LogP contribution < -0.4 is 5.32 Å². The number of aryl methyl sites for hydroxylation is 1.